The molecule has 0 saturated heterocycles. The number of nitrogens with one attached hydrogen (secondary N) is 1. The number of hydrogen-bond acceptors (Lipinski definition) is 5. The van der Waals surface area contributed by atoms with E-state index in [9.17, 15) is 4.79 Å². The van der Waals surface area contributed by atoms with Crippen molar-refractivity contribution in [2.24, 2.45) is 0 Å². The van der Waals surface area contributed by atoms with Crippen LogP contribution in [0.25, 0.3) is 5.69 Å². The molecule has 30 heavy (non-hydrogen) atoms. The number of rotatable bonds is 7. The van der Waals surface area contributed by atoms with Crippen LogP contribution in [0.1, 0.15) is 11.4 Å². The van der Waals surface area contributed by atoms with Gasteiger partial charge in [-0.05, 0) is 29.8 Å². The lowest BCUT2D eigenvalue weighted by Gasteiger charge is -2.10. The monoisotopic (exact) mass is 435 g/mol. The van der Waals surface area contributed by atoms with Crippen LogP contribution >= 0.6 is 23.4 Å². The van der Waals surface area contributed by atoms with Gasteiger partial charge in [0.2, 0.25) is 5.91 Å². The molecule has 0 aliphatic heterocycles. The molecule has 0 bridgehead atoms. The van der Waals surface area contributed by atoms with Crippen molar-refractivity contribution in [2.75, 3.05) is 11.1 Å². The summed E-state index contributed by atoms with van der Waals surface area (Å²) in [4.78, 5) is 16.4. The Labute approximate surface area is 183 Å². The maximum atomic E-state index is 12.4. The molecule has 0 radical (unpaired) electrons. The Kier molecular flexibility index (Phi) is 6.41. The van der Waals surface area contributed by atoms with Crippen LogP contribution in [0, 0.1) is 0 Å². The number of benzene rings is 2. The molecular weight excluding hydrogens is 418 g/mol. The summed E-state index contributed by atoms with van der Waals surface area (Å²) in [6.45, 7) is 0. The number of amides is 1. The summed E-state index contributed by atoms with van der Waals surface area (Å²) in [5, 5.41) is 12.7. The van der Waals surface area contributed by atoms with Crippen LogP contribution in [0.4, 0.5) is 5.82 Å². The maximum absolute atomic E-state index is 12.4. The Morgan fingerprint density at radius 3 is 2.40 bits per heavy atom. The van der Waals surface area contributed by atoms with Gasteiger partial charge in [0.1, 0.15) is 11.6 Å². The molecule has 2 aromatic heterocycles. The van der Waals surface area contributed by atoms with Crippen molar-refractivity contribution in [2.45, 2.75) is 11.6 Å². The number of anilines is 1. The zero-order valence-corrected chi connectivity index (χ0v) is 17.5. The van der Waals surface area contributed by atoms with E-state index in [0.717, 1.165) is 17.1 Å². The van der Waals surface area contributed by atoms with Crippen molar-refractivity contribution >= 4 is 35.1 Å². The van der Waals surface area contributed by atoms with Crippen molar-refractivity contribution in [3.63, 3.8) is 0 Å². The molecule has 1 N–H and O–H groups in total. The fourth-order valence-electron chi connectivity index (χ4n) is 2.88. The molecule has 0 atom stereocenters. The van der Waals surface area contributed by atoms with Crippen LogP contribution in [-0.2, 0) is 11.2 Å². The Bertz CT molecular complexity index is 1120. The first kappa shape index (κ1) is 20.1. The summed E-state index contributed by atoms with van der Waals surface area (Å²) in [6.07, 6.45) is 2.14. The highest BCUT2D eigenvalue weighted by molar-refractivity contribution is 7.99. The normalized spacial score (nSPS) is 10.7. The minimum Gasteiger partial charge on any atom is -0.310 e. The van der Waals surface area contributed by atoms with Gasteiger partial charge in [-0.15, -0.1) is 10.2 Å². The van der Waals surface area contributed by atoms with Gasteiger partial charge in [0.15, 0.2) is 5.16 Å². The zero-order valence-electron chi connectivity index (χ0n) is 15.9. The summed E-state index contributed by atoms with van der Waals surface area (Å²) >= 11 is 7.16. The minimum atomic E-state index is -0.179. The van der Waals surface area contributed by atoms with E-state index in [0.29, 0.717) is 22.4 Å². The summed E-state index contributed by atoms with van der Waals surface area (Å²) in [6, 6.07) is 23.3. The van der Waals surface area contributed by atoms with Crippen LogP contribution < -0.4 is 5.32 Å². The van der Waals surface area contributed by atoms with Gasteiger partial charge in [-0.25, -0.2) is 4.98 Å². The van der Waals surface area contributed by atoms with Gasteiger partial charge in [-0.3, -0.25) is 9.36 Å². The highest BCUT2D eigenvalue weighted by Gasteiger charge is 2.16. The molecule has 0 saturated carbocycles. The van der Waals surface area contributed by atoms with E-state index in [1.54, 1.807) is 12.1 Å². The lowest BCUT2D eigenvalue weighted by Crippen LogP contribution is -2.15. The highest BCUT2D eigenvalue weighted by Crippen LogP contribution is 2.23. The smallest absolute Gasteiger partial charge is 0.236 e. The van der Waals surface area contributed by atoms with Gasteiger partial charge < -0.3 is 5.32 Å². The summed E-state index contributed by atoms with van der Waals surface area (Å²) in [5.41, 5.74) is 2.10. The Morgan fingerprint density at radius 1 is 0.967 bits per heavy atom. The van der Waals surface area contributed by atoms with Gasteiger partial charge in [0, 0.05) is 18.3 Å². The Hall–Kier alpha value is -3.16. The lowest BCUT2D eigenvalue weighted by molar-refractivity contribution is -0.113. The average molecular weight is 436 g/mol. The van der Waals surface area contributed by atoms with Crippen molar-refractivity contribution in [3.05, 3.63) is 95.4 Å². The predicted molar refractivity (Wildman–Crippen MR) is 119 cm³/mol. The number of carbonyl (C=O) groups is 1. The molecular formula is C22H18ClN5OS. The number of para-hydroxylation sites is 1. The molecule has 1 amide bonds. The first-order valence-corrected chi connectivity index (χ1v) is 10.6. The molecule has 2 aromatic carbocycles. The average Bonchev–Trinajstić information content (AvgIpc) is 3.17. The third-order valence-corrected chi connectivity index (χ3v) is 5.40. The van der Waals surface area contributed by atoms with Crippen molar-refractivity contribution in [1.82, 2.24) is 19.7 Å². The predicted octanol–water partition coefficient (Wildman–Crippen LogP) is 4.64. The van der Waals surface area contributed by atoms with Crippen molar-refractivity contribution in [1.29, 1.82) is 0 Å². The van der Waals surface area contributed by atoms with Gasteiger partial charge >= 0.3 is 0 Å². The van der Waals surface area contributed by atoms with E-state index in [4.69, 9.17) is 11.6 Å². The molecule has 0 aliphatic rings. The Morgan fingerprint density at radius 2 is 1.70 bits per heavy atom. The fraction of sp³-hybridized carbons (Fsp3) is 0.0909. The number of aromatic nitrogens is 4. The number of thioether (sulfide) groups is 1. The SMILES string of the molecule is O=C(CSc1nnc(Cc2ccccc2)n1-c1ccccc1)Nc1ccc(Cl)cn1. The van der Waals surface area contributed by atoms with Crippen LogP contribution in [0.3, 0.4) is 0 Å². The number of pyridine rings is 1. The molecule has 0 unspecified atom stereocenters. The number of nitrogens with zero attached hydrogens (tertiary/aromatic N) is 4. The minimum absolute atomic E-state index is 0.179. The van der Waals surface area contributed by atoms with E-state index >= 15 is 0 Å². The number of carbonyl (C=O) groups excluding carboxylic acids is 1. The zero-order chi connectivity index (χ0) is 20.8. The van der Waals surface area contributed by atoms with Crippen molar-refractivity contribution < 1.29 is 4.79 Å². The molecule has 2 heterocycles. The summed E-state index contributed by atoms with van der Waals surface area (Å²) < 4.78 is 1.99. The van der Waals surface area contributed by atoms with Crippen LogP contribution in [0.5, 0.6) is 0 Å². The van der Waals surface area contributed by atoms with Gasteiger partial charge in [-0.1, -0.05) is 71.9 Å². The second-order valence-corrected chi connectivity index (χ2v) is 7.81. The van der Waals surface area contributed by atoms with Crippen LogP contribution in [0.2, 0.25) is 5.02 Å². The second-order valence-electron chi connectivity index (χ2n) is 6.43. The quantitative estimate of drug-likeness (QED) is 0.428. The largest absolute Gasteiger partial charge is 0.310 e. The molecule has 0 spiro atoms. The van der Waals surface area contributed by atoms with Crippen LogP contribution in [-0.4, -0.2) is 31.4 Å². The fourth-order valence-corrected chi connectivity index (χ4v) is 3.76. The van der Waals surface area contributed by atoms with E-state index in [1.165, 1.54) is 18.0 Å². The van der Waals surface area contributed by atoms with E-state index in [-0.39, 0.29) is 11.7 Å². The summed E-state index contributed by atoms with van der Waals surface area (Å²) in [5.74, 6) is 1.27. The highest BCUT2D eigenvalue weighted by atomic mass is 35.5. The summed E-state index contributed by atoms with van der Waals surface area (Å²) in [7, 11) is 0. The third kappa shape index (κ3) is 5.06. The van der Waals surface area contributed by atoms with E-state index < -0.39 is 0 Å². The number of halogens is 1. The molecule has 0 aliphatic carbocycles. The standard InChI is InChI=1S/C22H18ClN5OS/c23-17-11-12-19(24-14-17)25-21(29)15-30-22-27-26-20(13-16-7-3-1-4-8-16)28(22)18-9-5-2-6-10-18/h1-12,14H,13,15H2,(H,24,25,29). The van der Waals surface area contributed by atoms with Crippen molar-refractivity contribution in [3.8, 4) is 5.69 Å². The molecule has 150 valence electrons. The first-order chi connectivity index (χ1) is 14.7. The molecule has 0 fully saturated rings. The molecule has 6 nitrogen and oxygen atoms in total. The molecule has 4 rings (SSSR count). The second kappa shape index (κ2) is 9.56. The van der Waals surface area contributed by atoms with E-state index in [2.05, 4.69) is 32.6 Å². The Balaban J connectivity index is 1.52. The molecule has 4 aromatic rings. The number of hydrogen-bond donors (Lipinski definition) is 1. The van der Waals surface area contributed by atoms with Gasteiger partial charge in [0.25, 0.3) is 0 Å². The van der Waals surface area contributed by atoms with Gasteiger partial charge in [-0.2, -0.15) is 0 Å². The lowest BCUT2D eigenvalue weighted by atomic mass is 10.1. The topological polar surface area (TPSA) is 72.7 Å². The van der Waals surface area contributed by atoms with Crippen LogP contribution in [0.15, 0.2) is 84.1 Å². The first-order valence-electron chi connectivity index (χ1n) is 9.27. The van der Waals surface area contributed by atoms with E-state index in [1.807, 2.05) is 53.1 Å². The molecule has 8 heteroatoms. The third-order valence-electron chi connectivity index (χ3n) is 4.25. The maximum Gasteiger partial charge on any atom is 0.236 e. The van der Waals surface area contributed by atoms with Gasteiger partial charge in [0.05, 0.1) is 10.8 Å².